The summed E-state index contributed by atoms with van der Waals surface area (Å²) in [6.45, 7) is 4.60. The molecule has 0 spiro atoms. The van der Waals surface area contributed by atoms with Crippen LogP contribution in [-0.2, 0) is 14.3 Å². The van der Waals surface area contributed by atoms with Crippen molar-refractivity contribution in [2.45, 2.75) is 27.1 Å². The second-order valence-corrected chi connectivity index (χ2v) is 3.25. The molecule has 0 aliphatic carbocycles. The Bertz CT molecular complexity index is 153. The van der Waals surface area contributed by atoms with E-state index in [2.05, 4.69) is 0 Å². The predicted molar refractivity (Wildman–Crippen MR) is 43.4 cm³/mol. The van der Waals surface area contributed by atoms with Crippen molar-refractivity contribution in [3.63, 3.8) is 0 Å². The topological polar surface area (TPSA) is 55.8 Å². The number of aliphatic hydroxyl groups is 1. The smallest absolute Gasteiger partial charge is 0.316 e. The normalized spacial score (nSPS) is 14.1. The van der Waals surface area contributed by atoms with Gasteiger partial charge in [-0.2, -0.15) is 0 Å². The van der Waals surface area contributed by atoms with Crippen molar-refractivity contribution in [1.29, 1.82) is 0 Å². The highest BCUT2D eigenvalue weighted by Gasteiger charge is 2.29. The number of methoxy groups -OCH3 is 1. The van der Waals surface area contributed by atoms with Gasteiger partial charge in [0.1, 0.15) is 0 Å². The molecule has 0 rings (SSSR count). The monoisotopic (exact) mass is 176 g/mol. The summed E-state index contributed by atoms with van der Waals surface area (Å²) in [5, 5.41) is 8.81. The maximum atomic E-state index is 11.2. The van der Waals surface area contributed by atoms with Crippen molar-refractivity contribution in [3.8, 4) is 0 Å². The van der Waals surface area contributed by atoms with Crippen LogP contribution in [0.5, 0.6) is 0 Å². The summed E-state index contributed by atoms with van der Waals surface area (Å²) in [7, 11) is 1.45. The molecule has 1 atom stereocenters. The van der Waals surface area contributed by atoms with Gasteiger partial charge in [-0.3, -0.25) is 4.79 Å². The molecule has 4 nitrogen and oxygen atoms in total. The van der Waals surface area contributed by atoms with Crippen molar-refractivity contribution in [1.82, 2.24) is 0 Å². The third-order valence-electron chi connectivity index (χ3n) is 1.55. The van der Waals surface area contributed by atoms with Gasteiger partial charge in [0.2, 0.25) is 0 Å². The van der Waals surface area contributed by atoms with Gasteiger partial charge in [0.05, 0.1) is 12.0 Å². The number of ether oxygens (including phenoxy) is 2. The summed E-state index contributed by atoms with van der Waals surface area (Å²) in [5.74, 6) is -0.459. The molecule has 0 saturated carbocycles. The summed E-state index contributed by atoms with van der Waals surface area (Å²) >= 11 is 0. The molecule has 4 heteroatoms. The van der Waals surface area contributed by atoms with E-state index in [9.17, 15) is 4.79 Å². The minimum atomic E-state index is -0.854. The molecule has 0 aromatic rings. The van der Waals surface area contributed by atoms with Gasteiger partial charge in [0.25, 0.3) is 0 Å². The summed E-state index contributed by atoms with van der Waals surface area (Å²) in [5.41, 5.74) is -0.854. The highest BCUT2D eigenvalue weighted by molar-refractivity contribution is 5.76. The van der Waals surface area contributed by atoms with Gasteiger partial charge in [0.15, 0.2) is 6.29 Å². The van der Waals surface area contributed by atoms with E-state index in [1.807, 2.05) is 0 Å². The average molecular weight is 176 g/mol. The Hall–Kier alpha value is -0.610. The van der Waals surface area contributed by atoms with Gasteiger partial charge < -0.3 is 14.6 Å². The van der Waals surface area contributed by atoms with E-state index < -0.39 is 17.7 Å². The molecule has 72 valence electrons. The zero-order chi connectivity index (χ0) is 9.78. The molecular weight excluding hydrogens is 160 g/mol. The molecule has 0 heterocycles. The molecule has 0 aromatic heterocycles. The van der Waals surface area contributed by atoms with E-state index >= 15 is 0 Å². The van der Waals surface area contributed by atoms with Crippen LogP contribution in [0.1, 0.15) is 20.8 Å². The van der Waals surface area contributed by atoms with Crippen molar-refractivity contribution < 1.29 is 19.4 Å². The second-order valence-electron chi connectivity index (χ2n) is 3.25. The van der Waals surface area contributed by atoms with E-state index in [1.165, 1.54) is 7.11 Å². The van der Waals surface area contributed by atoms with Crippen LogP contribution in [-0.4, -0.2) is 31.1 Å². The molecule has 0 bridgehead atoms. The first-order valence-electron chi connectivity index (χ1n) is 3.79. The Kier molecular flexibility index (Phi) is 4.20. The number of carbonyl (C=O) groups is 1. The molecule has 12 heavy (non-hydrogen) atoms. The fourth-order valence-corrected chi connectivity index (χ4v) is 0.423. The predicted octanol–water partition coefficient (Wildman–Crippen LogP) is 0.540. The van der Waals surface area contributed by atoms with Crippen LogP contribution in [0, 0.1) is 5.41 Å². The summed E-state index contributed by atoms with van der Waals surface area (Å²) < 4.78 is 9.57. The number of rotatable bonds is 4. The SMILES string of the molecule is COC(C)OC(=O)C(C)(C)CO. The molecule has 0 radical (unpaired) electrons. The van der Waals surface area contributed by atoms with E-state index in [4.69, 9.17) is 14.6 Å². The number of aliphatic hydroxyl groups excluding tert-OH is 1. The first-order valence-corrected chi connectivity index (χ1v) is 3.79. The van der Waals surface area contributed by atoms with Crippen LogP contribution >= 0.6 is 0 Å². The lowest BCUT2D eigenvalue weighted by molar-refractivity contribution is -0.182. The number of esters is 1. The fraction of sp³-hybridized carbons (Fsp3) is 0.875. The summed E-state index contributed by atoms with van der Waals surface area (Å²) in [6, 6.07) is 0. The minimum absolute atomic E-state index is 0.234. The molecule has 1 N–H and O–H groups in total. The lowest BCUT2D eigenvalue weighted by Gasteiger charge is -2.21. The largest absolute Gasteiger partial charge is 0.436 e. The quantitative estimate of drug-likeness (QED) is 0.501. The molecule has 0 aliphatic heterocycles. The van der Waals surface area contributed by atoms with Crippen LogP contribution in [0.25, 0.3) is 0 Å². The number of carbonyl (C=O) groups excluding carboxylic acids is 1. The Balaban J connectivity index is 4.03. The third kappa shape index (κ3) is 3.19. The van der Waals surface area contributed by atoms with Gasteiger partial charge >= 0.3 is 5.97 Å². The zero-order valence-electron chi connectivity index (χ0n) is 7.96. The van der Waals surface area contributed by atoms with Gasteiger partial charge in [0, 0.05) is 7.11 Å². The maximum absolute atomic E-state index is 11.2. The molecule has 0 saturated heterocycles. The van der Waals surface area contributed by atoms with E-state index in [1.54, 1.807) is 20.8 Å². The van der Waals surface area contributed by atoms with Crippen molar-refractivity contribution >= 4 is 5.97 Å². The highest BCUT2D eigenvalue weighted by Crippen LogP contribution is 2.16. The van der Waals surface area contributed by atoms with Crippen LogP contribution in [0.3, 0.4) is 0 Å². The van der Waals surface area contributed by atoms with E-state index in [-0.39, 0.29) is 6.61 Å². The van der Waals surface area contributed by atoms with Crippen molar-refractivity contribution in [2.24, 2.45) is 5.41 Å². The molecule has 0 aliphatic rings. The lowest BCUT2D eigenvalue weighted by atomic mass is 9.95. The number of hydrogen-bond acceptors (Lipinski definition) is 4. The zero-order valence-corrected chi connectivity index (χ0v) is 7.96. The Labute approximate surface area is 72.5 Å². The van der Waals surface area contributed by atoms with Crippen molar-refractivity contribution in [3.05, 3.63) is 0 Å². The Morgan fingerprint density at radius 2 is 2.08 bits per heavy atom. The first-order chi connectivity index (χ1) is 5.44. The van der Waals surface area contributed by atoms with Crippen molar-refractivity contribution in [2.75, 3.05) is 13.7 Å². The van der Waals surface area contributed by atoms with Crippen LogP contribution < -0.4 is 0 Å². The third-order valence-corrected chi connectivity index (χ3v) is 1.55. The molecular formula is C8H16O4. The average Bonchev–Trinajstić information content (AvgIpc) is 2.04. The fourth-order valence-electron chi connectivity index (χ4n) is 0.423. The molecule has 0 amide bonds. The first kappa shape index (κ1) is 11.4. The summed E-state index contributed by atoms with van der Waals surface area (Å²) in [6.07, 6.45) is -0.566. The van der Waals surface area contributed by atoms with E-state index in [0.717, 1.165) is 0 Å². The van der Waals surface area contributed by atoms with Crippen LogP contribution in [0.4, 0.5) is 0 Å². The minimum Gasteiger partial charge on any atom is -0.436 e. The highest BCUT2D eigenvalue weighted by atomic mass is 16.7. The van der Waals surface area contributed by atoms with Crippen LogP contribution in [0.2, 0.25) is 0 Å². The summed E-state index contributed by atoms with van der Waals surface area (Å²) in [4.78, 5) is 11.2. The lowest BCUT2D eigenvalue weighted by Crippen LogP contribution is -2.33. The molecule has 0 aromatic carbocycles. The van der Waals surface area contributed by atoms with Gasteiger partial charge in [-0.15, -0.1) is 0 Å². The van der Waals surface area contributed by atoms with Gasteiger partial charge in [-0.25, -0.2) is 0 Å². The van der Waals surface area contributed by atoms with E-state index in [0.29, 0.717) is 0 Å². The standard InChI is InChI=1S/C8H16O4/c1-6(11-4)12-7(10)8(2,3)5-9/h6,9H,5H2,1-4H3. The Morgan fingerprint density at radius 1 is 1.58 bits per heavy atom. The maximum Gasteiger partial charge on any atom is 0.316 e. The van der Waals surface area contributed by atoms with Gasteiger partial charge in [-0.05, 0) is 20.8 Å². The van der Waals surface area contributed by atoms with Crippen LogP contribution in [0.15, 0.2) is 0 Å². The number of hydrogen-bond donors (Lipinski definition) is 1. The molecule has 0 fully saturated rings. The van der Waals surface area contributed by atoms with Gasteiger partial charge in [-0.1, -0.05) is 0 Å². The molecule has 1 unspecified atom stereocenters. The Morgan fingerprint density at radius 3 is 2.42 bits per heavy atom. The second kappa shape index (κ2) is 4.42.